The van der Waals surface area contributed by atoms with Crippen LogP contribution in [0.25, 0.3) is 0 Å². The van der Waals surface area contributed by atoms with Gasteiger partial charge in [-0.3, -0.25) is 4.90 Å². The highest BCUT2D eigenvalue weighted by Crippen LogP contribution is 2.13. The second kappa shape index (κ2) is 8.86. The Morgan fingerprint density at radius 1 is 1.18 bits per heavy atom. The molecule has 0 aromatic carbocycles. The summed E-state index contributed by atoms with van der Waals surface area (Å²) in [5, 5.41) is 12.6. The zero-order chi connectivity index (χ0) is 15.8. The van der Waals surface area contributed by atoms with Gasteiger partial charge in [-0.1, -0.05) is 19.0 Å². The molecule has 1 aromatic rings. The zero-order valence-corrected chi connectivity index (χ0v) is 13.8. The van der Waals surface area contributed by atoms with E-state index in [2.05, 4.69) is 39.9 Å². The summed E-state index contributed by atoms with van der Waals surface area (Å²) in [6, 6.07) is 2.21. The van der Waals surface area contributed by atoms with Gasteiger partial charge in [0.05, 0.1) is 12.6 Å². The quantitative estimate of drug-likeness (QED) is 0.720. The first-order chi connectivity index (χ1) is 10.7. The fourth-order valence-corrected chi connectivity index (χ4v) is 2.71. The fourth-order valence-electron chi connectivity index (χ4n) is 2.71. The zero-order valence-electron chi connectivity index (χ0n) is 13.8. The van der Waals surface area contributed by atoms with Gasteiger partial charge in [0.15, 0.2) is 5.82 Å². The van der Waals surface area contributed by atoms with E-state index in [4.69, 9.17) is 9.78 Å². The lowest BCUT2D eigenvalue weighted by molar-refractivity contribution is 0.243. The molecule has 6 nitrogen and oxygen atoms in total. The summed E-state index contributed by atoms with van der Waals surface area (Å²) in [6.45, 7) is 10.4. The van der Waals surface area contributed by atoms with Crippen molar-refractivity contribution in [3.63, 3.8) is 0 Å². The van der Waals surface area contributed by atoms with E-state index in [9.17, 15) is 0 Å². The summed E-state index contributed by atoms with van der Waals surface area (Å²) in [5.74, 6) is 1.81. The SMILES string of the molecule is CC(C)c1nc(CN2CCCN(CCCCC#N)CC2)no1. The van der Waals surface area contributed by atoms with E-state index in [-0.39, 0.29) is 5.92 Å². The molecular weight excluding hydrogens is 278 g/mol. The Kier molecular flexibility index (Phi) is 6.81. The van der Waals surface area contributed by atoms with Crippen LogP contribution in [0.15, 0.2) is 4.52 Å². The molecule has 0 radical (unpaired) electrons. The molecule has 0 amide bonds. The van der Waals surface area contributed by atoms with E-state index in [1.54, 1.807) is 0 Å². The van der Waals surface area contributed by atoms with E-state index >= 15 is 0 Å². The lowest BCUT2D eigenvalue weighted by Gasteiger charge is -2.20. The summed E-state index contributed by atoms with van der Waals surface area (Å²) in [5.41, 5.74) is 0. The maximum atomic E-state index is 8.57. The summed E-state index contributed by atoms with van der Waals surface area (Å²) in [6.07, 6.45) is 3.98. The third kappa shape index (κ3) is 5.39. The van der Waals surface area contributed by atoms with Crippen molar-refractivity contribution in [3.8, 4) is 6.07 Å². The van der Waals surface area contributed by atoms with Gasteiger partial charge in [0.1, 0.15) is 0 Å². The predicted octanol–water partition coefficient (Wildman–Crippen LogP) is 2.39. The molecule has 0 atom stereocenters. The van der Waals surface area contributed by atoms with Crippen molar-refractivity contribution < 1.29 is 4.52 Å². The topological polar surface area (TPSA) is 69.2 Å². The molecular formula is C16H27N5O. The molecule has 122 valence electrons. The van der Waals surface area contributed by atoms with Crippen molar-refractivity contribution in [3.05, 3.63) is 11.7 Å². The number of hydrogen-bond acceptors (Lipinski definition) is 6. The smallest absolute Gasteiger partial charge is 0.229 e. The Labute approximate surface area is 133 Å². The summed E-state index contributed by atoms with van der Waals surface area (Å²) < 4.78 is 5.27. The standard InChI is InChI=1S/C16H27N5O/c1-14(2)16-18-15(19-22-16)13-21-10-6-9-20(11-12-21)8-5-3-4-7-17/h14H,3-6,8-13H2,1-2H3. The van der Waals surface area contributed by atoms with E-state index in [1.807, 2.05) is 0 Å². The van der Waals surface area contributed by atoms with Crippen LogP contribution in [0, 0.1) is 11.3 Å². The highest BCUT2D eigenvalue weighted by Gasteiger charge is 2.17. The Hall–Kier alpha value is -1.45. The van der Waals surface area contributed by atoms with Crippen LogP contribution >= 0.6 is 0 Å². The summed E-state index contributed by atoms with van der Waals surface area (Å²) in [4.78, 5) is 9.37. The molecule has 0 spiro atoms. The maximum Gasteiger partial charge on any atom is 0.229 e. The van der Waals surface area contributed by atoms with E-state index in [0.717, 1.165) is 63.8 Å². The van der Waals surface area contributed by atoms with Crippen LogP contribution in [0.2, 0.25) is 0 Å². The molecule has 1 aromatic heterocycles. The average Bonchev–Trinajstić information content (AvgIpc) is 2.85. The van der Waals surface area contributed by atoms with Gasteiger partial charge in [-0.15, -0.1) is 0 Å². The van der Waals surface area contributed by atoms with Crippen molar-refractivity contribution >= 4 is 0 Å². The minimum Gasteiger partial charge on any atom is -0.339 e. The Morgan fingerprint density at radius 3 is 2.68 bits per heavy atom. The van der Waals surface area contributed by atoms with Crippen LogP contribution in [-0.4, -0.2) is 52.7 Å². The number of unbranched alkanes of at least 4 members (excludes halogenated alkanes) is 2. The van der Waals surface area contributed by atoms with Gasteiger partial charge in [-0.05, 0) is 38.9 Å². The third-order valence-electron chi connectivity index (χ3n) is 4.04. The molecule has 0 aliphatic carbocycles. The van der Waals surface area contributed by atoms with E-state index < -0.39 is 0 Å². The van der Waals surface area contributed by atoms with Crippen molar-refractivity contribution in [2.24, 2.45) is 0 Å². The highest BCUT2D eigenvalue weighted by atomic mass is 16.5. The molecule has 1 fully saturated rings. The molecule has 6 heteroatoms. The number of rotatable bonds is 7. The molecule has 2 heterocycles. The van der Waals surface area contributed by atoms with Gasteiger partial charge in [0, 0.05) is 25.4 Å². The minimum atomic E-state index is 0.286. The van der Waals surface area contributed by atoms with Crippen molar-refractivity contribution in [2.75, 3.05) is 32.7 Å². The molecule has 1 aliphatic rings. The summed E-state index contributed by atoms with van der Waals surface area (Å²) >= 11 is 0. The van der Waals surface area contributed by atoms with Crippen LogP contribution in [0.4, 0.5) is 0 Å². The van der Waals surface area contributed by atoms with Crippen molar-refractivity contribution in [1.82, 2.24) is 19.9 Å². The maximum absolute atomic E-state index is 8.57. The summed E-state index contributed by atoms with van der Waals surface area (Å²) in [7, 11) is 0. The predicted molar refractivity (Wildman–Crippen MR) is 84.2 cm³/mol. The van der Waals surface area contributed by atoms with Gasteiger partial charge in [0.25, 0.3) is 0 Å². The van der Waals surface area contributed by atoms with Crippen LogP contribution in [0.3, 0.4) is 0 Å². The molecule has 0 N–H and O–H groups in total. The first-order valence-corrected chi connectivity index (χ1v) is 8.33. The number of nitrogens with zero attached hydrogens (tertiary/aromatic N) is 5. The molecule has 2 rings (SSSR count). The van der Waals surface area contributed by atoms with E-state index in [0.29, 0.717) is 6.42 Å². The van der Waals surface area contributed by atoms with Gasteiger partial charge in [0.2, 0.25) is 5.89 Å². The van der Waals surface area contributed by atoms with Gasteiger partial charge in [-0.25, -0.2) is 0 Å². The Morgan fingerprint density at radius 2 is 1.95 bits per heavy atom. The van der Waals surface area contributed by atoms with Crippen molar-refractivity contribution in [1.29, 1.82) is 5.26 Å². The number of aromatic nitrogens is 2. The highest BCUT2D eigenvalue weighted by molar-refractivity contribution is 4.91. The largest absolute Gasteiger partial charge is 0.339 e. The van der Waals surface area contributed by atoms with Gasteiger partial charge in [-0.2, -0.15) is 10.2 Å². The molecule has 0 bridgehead atoms. The Balaban J connectivity index is 1.74. The fraction of sp³-hybridized carbons (Fsp3) is 0.812. The first kappa shape index (κ1) is 16.9. The second-order valence-electron chi connectivity index (χ2n) is 6.29. The molecule has 22 heavy (non-hydrogen) atoms. The van der Waals surface area contributed by atoms with Crippen LogP contribution in [0.5, 0.6) is 0 Å². The van der Waals surface area contributed by atoms with Gasteiger partial charge < -0.3 is 9.42 Å². The molecule has 1 aliphatic heterocycles. The van der Waals surface area contributed by atoms with E-state index in [1.165, 1.54) is 6.42 Å². The van der Waals surface area contributed by atoms with Crippen LogP contribution < -0.4 is 0 Å². The van der Waals surface area contributed by atoms with Crippen molar-refractivity contribution in [2.45, 2.75) is 52.0 Å². The third-order valence-corrected chi connectivity index (χ3v) is 4.04. The van der Waals surface area contributed by atoms with Crippen LogP contribution in [-0.2, 0) is 6.54 Å². The normalized spacial score (nSPS) is 17.5. The lowest BCUT2D eigenvalue weighted by Crippen LogP contribution is -2.31. The first-order valence-electron chi connectivity index (χ1n) is 8.33. The minimum absolute atomic E-state index is 0.286. The molecule has 0 saturated carbocycles. The Bertz CT molecular complexity index is 479. The number of nitriles is 1. The molecule has 0 unspecified atom stereocenters. The average molecular weight is 305 g/mol. The van der Waals surface area contributed by atoms with Gasteiger partial charge >= 0.3 is 0 Å². The monoisotopic (exact) mass is 305 g/mol. The molecule has 1 saturated heterocycles. The number of hydrogen-bond donors (Lipinski definition) is 0. The van der Waals surface area contributed by atoms with Crippen LogP contribution in [0.1, 0.15) is 57.2 Å². The lowest BCUT2D eigenvalue weighted by atomic mass is 10.2. The second-order valence-corrected chi connectivity index (χ2v) is 6.29.